The molecule has 0 unspecified atom stereocenters. The van der Waals surface area contributed by atoms with Gasteiger partial charge in [-0.2, -0.15) is 0 Å². The molecule has 0 spiro atoms. The monoisotopic (exact) mass is 212 g/mol. The highest BCUT2D eigenvalue weighted by atomic mass is 32.1. The lowest BCUT2D eigenvalue weighted by molar-refractivity contribution is 0.0309. The van der Waals surface area contributed by atoms with E-state index in [0.29, 0.717) is 5.92 Å². The number of nitrogens with one attached hydrogen (secondary N) is 1. The van der Waals surface area contributed by atoms with E-state index in [1.165, 1.54) is 0 Å². The summed E-state index contributed by atoms with van der Waals surface area (Å²) in [4.78, 5) is 4.45. The summed E-state index contributed by atoms with van der Waals surface area (Å²) in [5.74, 6) is 1.27. The van der Waals surface area contributed by atoms with Crippen LogP contribution in [0.3, 0.4) is 0 Å². The summed E-state index contributed by atoms with van der Waals surface area (Å²) in [5.41, 5.74) is -0.0394. The van der Waals surface area contributed by atoms with Crippen molar-refractivity contribution in [1.29, 1.82) is 0 Å². The first-order valence-electron chi connectivity index (χ1n) is 4.94. The van der Waals surface area contributed by atoms with Crippen LogP contribution in [0.5, 0.6) is 5.88 Å². The van der Waals surface area contributed by atoms with Crippen LogP contribution in [-0.2, 0) is 0 Å². The summed E-state index contributed by atoms with van der Waals surface area (Å²) >= 11 is 1.68. The van der Waals surface area contributed by atoms with Crippen molar-refractivity contribution in [3.63, 3.8) is 0 Å². The van der Waals surface area contributed by atoms with Gasteiger partial charge in [-0.1, -0.05) is 13.8 Å². The molecule has 0 bridgehead atoms. The minimum Gasteiger partial charge on any atom is -0.468 e. The molecule has 0 atom stereocenters. The molecule has 2 rings (SSSR count). The van der Waals surface area contributed by atoms with Gasteiger partial charge in [0.1, 0.15) is 5.60 Å². The Hall–Kier alpha value is -0.610. The predicted octanol–water partition coefficient (Wildman–Crippen LogP) is 2.01. The molecule has 14 heavy (non-hydrogen) atoms. The number of hydrogen-bond acceptors (Lipinski definition) is 4. The molecule has 1 aliphatic heterocycles. The SMILES string of the molecule is CC(C)c1nc(OC2(C)CNC2)cs1. The van der Waals surface area contributed by atoms with Crippen molar-refractivity contribution in [2.45, 2.75) is 32.3 Å². The fraction of sp³-hybridized carbons (Fsp3) is 0.700. The van der Waals surface area contributed by atoms with Gasteiger partial charge in [0, 0.05) is 19.0 Å². The van der Waals surface area contributed by atoms with Crippen LogP contribution in [0.1, 0.15) is 31.7 Å². The highest BCUT2D eigenvalue weighted by Gasteiger charge is 2.34. The molecule has 3 nitrogen and oxygen atoms in total. The molecule has 1 aromatic heterocycles. The number of aromatic nitrogens is 1. The summed E-state index contributed by atoms with van der Waals surface area (Å²) in [7, 11) is 0. The maximum atomic E-state index is 5.81. The van der Waals surface area contributed by atoms with E-state index in [4.69, 9.17) is 4.74 Å². The van der Waals surface area contributed by atoms with Crippen molar-refractivity contribution in [2.75, 3.05) is 13.1 Å². The molecule has 2 heterocycles. The Balaban J connectivity index is 2.02. The molecule has 0 amide bonds. The average molecular weight is 212 g/mol. The molecule has 0 saturated carbocycles. The van der Waals surface area contributed by atoms with E-state index in [1.807, 2.05) is 5.38 Å². The fourth-order valence-electron chi connectivity index (χ4n) is 1.39. The smallest absolute Gasteiger partial charge is 0.225 e. The minimum absolute atomic E-state index is 0.0394. The first-order chi connectivity index (χ1) is 6.59. The summed E-state index contributed by atoms with van der Waals surface area (Å²) < 4.78 is 5.81. The van der Waals surface area contributed by atoms with Gasteiger partial charge < -0.3 is 10.1 Å². The topological polar surface area (TPSA) is 34.1 Å². The molecule has 0 radical (unpaired) electrons. The van der Waals surface area contributed by atoms with Crippen LogP contribution in [-0.4, -0.2) is 23.7 Å². The summed E-state index contributed by atoms with van der Waals surface area (Å²) in [6.45, 7) is 8.24. The zero-order chi connectivity index (χ0) is 10.2. The van der Waals surface area contributed by atoms with E-state index in [1.54, 1.807) is 11.3 Å². The average Bonchev–Trinajstić information content (AvgIpc) is 2.50. The van der Waals surface area contributed by atoms with E-state index >= 15 is 0 Å². The lowest BCUT2D eigenvalue weighted by atomic mass is 10.0. The molecule has 0 aliphatic carbocycles. The Morgan fingerprint density at radius 3 is 2.71 bits per heavy atom. The Labute approximate surface area is 88.5 Å². The maximum Gasteiger partial charge on any atom is 0.225 e. The Morgan fingerprint density at radius 2 is 2.29 bits per heavy atom. The largest absolute Gasteiger partial charge is 0.468 e. The van der Waals surface area contributed by atoms with Gasteiger partial charge in [0.2, 0.25) is 5.88 Å². The molecule has 1 fully saturated rings. The molecule has 1 N–H and O–H groups in total. The van der Waals surface area contributed by atoms with Crippen molar-refractivity contribution >= 4 is 11.3 Å². The van der Waals surface area contributed by atoms with Crippen LogP contribution in [0.15, 0.2) is 5.38 Å². The van der Waals surface area contributed by atoms with Gasteiger partial charge in [0.05, 0.1) is 10.4 Å². The summed E-state index contributed by atoms with van der Waals surface area (Å²) in [5, 5.41) is 6.35. The van der Waals surface area contributed by atoms with Gasteiger partial charge in [0.15, 0.2) is 0 Å². The van der Waals surface area contributed by atoms with Crippen molar-refractivity contribution in [2.24, 2.45) is 0 Å². The Bertz CT molecular complexity index is 318. The normalized spacial score (nSPS) is 19.4. The molecule has 1 aliphatic rings. The third-order valence-electron chi connectivity index (χ3n) is 2.34. The molecular formula is C10H16N2OS. The second-order valence-electron chi connectivity index (χ2n) is 4.33. The van der Waals surface area contributed by atoms with E-state index in [9.17, 15) is 0 Å². The van der Waals surface area contributed by atoms with Gasteiger partial charge in [-0.15, -0.1) is 11.3 Å². The zero-order valence-corrected chi connectivity index (χ0v) is 9.65. The zero-order valence-electron chi connectivity index (χ0n) is 8.83. The third kappa shape index (κ3) is 1.91. The lowest BCUT2D eigenvalue weighted by Gasteiger charge is -2.38. The van der Waals surface area contributed by atoms with Crippen LogP contribution in [0.2, 0.25) is 0 Å². The molecule has 0 aromatic carbocycles. The second kappa shape index (κ2) is 3.51. The number of thiazole rings is 1. The predicted molar refractivity (Wildman–Crippen MR) is 58.1 cm³/mol. The summed E-state index contributed by atoms with van der Waals surface area (Å²) in [6, 6.07) is 0. The first kappa shape index (κ1) is 9.93. The molecule has 4 heteroatoms. The van der Waals surface area contributed by atoms with Crippen LogP contribution in [0.25, 0.3) is 0 Å². The molecular weight excluding hydrogens is 196 g/mol. The highest BCUT2D eigenvalue weighted by molar-refractivity contribution is 7.09. The van der Waals surface area contributed by atoms with Crippen LogP contribution in [0, 0.1) is 0 Å². The quantitative estimate of drug-likeness (QED) is 0.832. The molecule has 1 aromatic rings. The Morgan fingerprint density at radius 1 is 1.57 bits per heavy atom. The Kier molecular flexibility index (Phi) is 2.49. The van der Waals surface area contributed by atoms with Crippen LogP contribution >= 0.6 is 11.3 Å². The highest BCUT2D eigenvalue weighted by Crippen LogP contribution is 2.27. The standard InChI is InChI=1S/C10H16N2OS/c1-7(2)9-12-8(4-14-9)13-10(3)5-11-6-10/h4,7,11H,5-6H2,1-3H3. The minimum atomic E-state index is -0.0394. The van der Waals surface area contributed by atoms with Crippen molar-refractivity contribution < 1.29 is 4.74 Å². The lowest BCUT2D eigenvalue weighted by Crippen LogP contribution is -2.61. The number of rotatable bonds is 3. The fourth-order valence-corrected chi connectivity index (χ4v) is 2.12. The molecule has 1 saturated heterocycles. The maximum absolute atomic E-state index is 5.81. The molecule has 78 valence electrons. The van der Waals surface area contributed by atoms with Crippen molar-refractivity contribution in [3.8, 4) is 5.88 Å². The van der Waals surface area contributed by atoms with Gasteiger partial charge in [-0.25, -0.2) is 4.98 Å². The third-order valence-corrected chi connectivity index (χ3v) is 3.47. The van der Waals surface area contributed by atoms with Crippen LogP contribution < -0.4 is 10.1 Å². The van der Waals surface area contributed by atoms with E-state index in [0.717, 1.165) is 24.0 Å². The van der Waals surface area contributed by atoms with E-state index in [2.05, 4.69) is 31.1 Å². The van der Waals surface area contributed by atoms with Gasteiger partial charge >= 0.3 is 0 Å². The number of ether oxygens (including phenoxy) is 1. The van der Waals surface area contributed by atoms with Crippen molar-refractivity contribution in [3.05, 3.63) is 10.4 Å². The summed E-state index contributed by atoms with van der Waals surface area (Å²) in [6.07, 6.45) is 0. The number of nitrogens with zero attached hydrogens (tertiary/aromatic N) is 1. The van der Waals surface area contributed by atoms with Gasteiger partial charge in [-0.3, -0.25) is 0 Å². The van der Waals surface area contributed by atoms with Gasteiger partial charge in [0.25, 0.3) is 0 Å². The number of hydrogen-bond donors (Lipinski definition) is 1. The van der Waals surface area contributed by atoms with Crippen LogP contribution in [0.4, 0.5) is 0 Å². The van der Waals surface area contributed by atoms with E-state index in [-0.39, 0.29) is 5.60 Å². The van der Waals surface area contributed by atoms with Crippen molar-refractivity contribution in [1.82, 2.24) is 10.3 Å². The van der Waals surface area contributed by atoms with Gasteiger partial charge in [-0.05, 0) is 6.92 Å². The first-order valence-corrected chi connectivity index (χ1v) is 5.82. The second-order valence-corrected chi connectivity index (χ2v) is 5.22. The van der Waals surface area contributed by atoms with E-state index < -0.39 is 0 Å².